The molecule has 26 heavy (non-hydrogen) atoms. The number of fused-ring (bicyclic) bond motifs is 1. The third-order valence-electron chi connectivity index (χ3n) is 4.32. The molecule has 0 saturated heterocycles. The smallest absolute Gasteiger partial charge is 0.251 e. The molecular weight excluding hydrogens is 330 g/mol. The van der Waals surface area contributed by atoms with Crippen molar-refractivity contribution in [3.63, 3.8) is 0 Å². The highest BCUT2D eigenvalue weighted by atomic mass is 16.6. The van der Waals surface area contributed by atoms with E-state index in [0.29, 0.717) is 30.9 Å². The first kappa shape index (κ1) is 17.9. The zero-order chi connectivity index (χ0) is 18.5. The summed E-state index contributed by atoms with van der Waals surface area (Å²) in [5, 5.41) is 3.02. The van der Waals surface area contributed by atoms with Crippen molar-refractivity contribution in [3.05, 3.63) is 65.7 Å². The molecule has 1 heterocycles. The highest BCUT2D eigenvalue weighted by Crippen LogP contribution is 2.32. The second kappa shape index (κ2) is 7.95. The molecule has 3 rings (SSSR count). The summed E-state index contributed by atoms with van der Waals surface area (Å²) < 4.78 is 16.5. The number of ether oxygens (including phenoxy) is 3. The number of hydrogen-bond acceptors (Lipinski definition) is 4. The quantitative estimate of drug-likeness (QED) is 0.805. The van der Waals surface area contributed by atoms with Crippen LogP contribution in [0.4, 0.5) is 0 Å². The van der Waals surface area contributed by atoms with E-state index in [1.807, 2.05) is 37.3 Å². The Balaban J connectivity index is 1.75. The van der Waals surface area contributed by atoms with Crippen LogP contribution in [0.2, 0.25) is 0 Å². The molecule has 1 amide bonds. The van der Waals surface area contributed by atoms with Crippen molar-refractivity contribution in [2.45, 2.75) is 19.4 Å². The number of carbonyl (C=O) groups excluding carboxylic acids is 1. The van der Waals surface area contributed by atoms with Crippen molar-refractivity contribution in [2.24, 2.45) is 0 Å². The zero-order valence-electron chi connectivity index (χ0n) is 15.1. The summed E-state index contributed by atoms with van der Waals surface area (Å²) in [6.45, 7) is 6.79. The van der Waals surface area contributed by atoms with Gasteiger partial charge in [-0.05, 0) is 54.8 Å². The molecule has 1 N–H and O–H groups in total. The maximum atomic E-state index is 12.6. The van der Waals surface area contributed by atoms with Crippen molar-refractivity contribution in [1.29, 1.82) is 0 Å². The van der Waals surface area contributed by atoms with Gasteiger partial charge in [-0.2, -0.15) is 0 Å². The van der Waals surface area contributed by atoms with E-state index in [-0.39, 0.29) is 11.9 Å². The average molecular weight is 353 g/mol. The molecule has 0 unspecified atom stereocenters. The van der Waals surface area contributed by atoms with Gasteiger partial charge in [-0.15, -0.1) is 6.58 Å². The Hall–Kier alpha value is -2.95. The van der Waals surface area contributed by atoms with Gasteiger partial charge in [0.1, 0.15) is 19.0 Å². The van der Waals surface area contributed by atoms with Crippen LogP contribution >= 0.6 is 0 Å². The van der Waals surface area contributed by atoms with E-state index in [9.17, 15) is 4.79 Å². The van der Waals surface area contributed by atoms with Crippen LogP contribution in [-0.4, -0.2) is 26.2 Å². The molecule has 1 aliphatic heterocycles. The maximum Gasteiger partial charge on any atom is 0.251 e. The number of carbonyl (C=O) groups is 1. The van der Waals surface area contributed by atoms with E-state index in [1.54, 1.807) is 19.3 Å². The third kappa shape index (κ3) is 3.82. The van der Waals surface area contributed by atoms with Gasteiger partial charge in [0.25, 0.3) is 5.91 Å². The fourth-order valence-electron chi connectivity index (χ4n) is 2.93. The summed E-state index contributed by atoms with van der Waals surface area (Å²) in [6.07, 6.45) is 2.43. The summed E-state index contributed by atoms with van der Waals surface area (Å²) >= 11 is 0. The Morgan fingerprint density at radius 2 is 2.00 bits per heavy atom. The molecule has 1 aliphatic rings. The monoisotopic (exact) mass is 353 g/mol. The van der Waals surface area contributed by atoms with E-state index in [0.717, 1.165) is 22.6 Å². The van der Waals surface area contributed by atoms with E-state index < -0.39 is 0 Å². The van der Waals surface area contributed by atoms with Gasteiger partial charge in [0.15, 0.2) is 11.5 Å². The molecule has 1 atom stereocenters. The number of amides is 1. The molecule has 2 aromatic carbocycles. The minimum absolute atomic E-state index is 0.139. The van der Waals surface area contributed by atoms with Crippen LogP contribution < -0.4 is 19.5 Å². The largest absolute Gasteiger partial charge is 0.496 e. The fraction of sp³-hybridized carbons (Fsp3) is 0.286. The van der Waals surface area contributed by atoms with Crippen LogP contribution in [0.1, 0.15) is 34.5 Å². The second-order valence-electron chi connectivity index (χ2n) is 6.12. The molecule has 136 valence electrons. The minimum atomic E-state index is -0.164. The van der Waals surface area contributed by atoms with Crippen molar-refractivity contribution < 1.29 is 19.0 Å². The van der Waals surface area contributed by atoms with Crippen molar-refractivity contribution in [2.75, 3.05) is 20.3 Å². The lowest BCUT2D eigenvalue weighted by molar-refractivity contribution is 0.0939. The number of methoxy groups -OCH3 is 1. The number of hydrogen-bond donors (Lipinski definition) is 1. The molecule has 0 spiro atoms. The van der Waals surface area contributed by atoms with E-state index >= 15 is 0 Å². The summed E-state index contributed by atoms with van der Waals surface area (Å²) in [5.74, 6) is 2.07. The molecule has 0 radical (unpaired) electrons. The lowest BCUT2D eigenvalue weighted by Crippen LogP contribution is -2.27. The molecule has 0 aromatic heterocycles. The van der Waals surface area contributed by atoms with Gasteiger partial charge in [-0.1, -0.05) is 12.1 Å². The summed E-state index contributed by atoms with van der Waals surface area (Å²) in [4.78, 5) is 12.6. The summed E-state index contributed by atoms with van der Waals surface area (Å²) in [6, 6.07) is 11.0. The molecular formula is C21H23NO4. The van der Waals surface area contributed by atoms with Crippen LogP contribution in [0.3, 0.4) is 0 Å². The Morgan fingerprint density at radius 1 is 1.23 bits per heavy atom. The Bertz CT molecular complexity index is 816. The summed E-state index contributed by atoms with van der Waals surface area (Å²) in [7, 11) is 1.62. The van der Waals surface area contributed by atoms with Crippen LogP contribution in [0.25, 0.3) is 0 Å². The lowest BCUT2D eigenvalue weighted by atomic mass is 10.0. The molecule has 0 fully saturated rings. The first-order chi connectivity index (χ1) is 12.6. The number of rotatable bonds is 6. The van der Waals surface area contributed by atoms with Crippen LogP contribution in [0, 0.1) is 0 Å². The number of nitrogens with one attached hydrogen (secondary N) is 1. The van der Waals surface area contributed by atoms with Gasteiger partial charge in [-0.3, -0.25) is 4.79 Å². The molecule has 0 aliphatic carbocycles. The van der Waals surface area contributed by atoms with Gasteiger partial charge >= 0.3 is 0 Å². The summed E-state index contributed by atoms with van der Waals surface area (Å²) in [5.41, 5.74) is 2.48. The van der Waals surface area contributed by atoms with Crippen LogP contribution in [0.5, 0.6) is 17.2 Å². The number of allylic oxidation sites excluding steroid dienone is 1. The Morgan fingerprint density at radius 3 is 2.73 bits per heavy atom. The van der Waals surface area contributed by atoms with E-state index in [2.05, 4.69) is 11.9 Å². The third-order valence-corrected chi connectivity index (χ3v) is 4.32. The predicted molar refractivity (Wildman–Crippen MR) is 100 cm³/mol. The Labute approximate surface area is 153 Å². The maximum absolute atomic E-state index is 12.6. The average Bonchev–Trinajstić information content (AvgIpc) is 2.67. The second-order valence-corrected chi connectivity index (χ2v) is 6.12. The van der Waals surface area contributed by atoms with Crippen molar-refractivity contribution in [3.8, 4) is 17.2 Å². The first-order valence-corrected chi connectivity index (χ1v) is 8.60. The fourth-order valence-corrected chi connectivity index (χ4v) is 2.93. The van der Waals surface area contributed by atoms with Gasteiger partial charge < -0.3 is 19.5 Å². The van der Waals surface area contributed by atoms with Crippen molar-refractivity contribution >= 4 is 5.91 Å². The van der Waals surface area contributed by atoms with Gasteiger partial charge in [0.2, 0.25) is 0 Å². The van der Waals surface area contributed by atoms with Gasteiger partial charge in [0, 0.05) is 5.56 Å². The zero-order valence-corrected chi connectivity index (χ0v) is 15.1. The normalized spacial score (nSPS) is 13.6. The minimum Gasteiger partial charge on any atom is -0.496 e. The lowest BCUT2D eigenvalue weighted by Gasteiger charge is -2.21. The molecule has 2 aromatic rings. The topological polar surface area (TPSA) is 56.8 Å². The number of benzene rings is 2. The highest BCUT2D eigenvalue weighted by Gasteiger charge is 2.17. The van der Waals surface area contributed by atoms with Crippen LogP contribution in [0.15, 0.2) is 49.1 Å². The van der Waals surface area contributed by atoms with Crippen molar-refractivity contribution in [1.82, 2.24) is 5.32 Å². The van der Waals surface area contributed by atoms with Gasteiger partial charge in [0.05, 0.1) is 13.2 Å². The molecule has 5 nitrogen and oxygen atoms in total. The molecule has 0 saturated carbocycles. The predicted octanol–water partition coefficient (Wildman–Crippen LogP) is 3.69. The van der Waals surface area contributed by atoms with E-state index in [4.69, 9.17) is 14.2 Å². The highest BCUT2D eigenvalue weighted by molar-refractivity contribution is 5.94. The molecule has 0 bridgehead atoms. The SMILES string of the molecule is C=CCc1cc(C(=O)N[C@@H](C)c2ccc3c(c2)OCCO3)ccc1OC. The van der Waals surface area contributed by atoms with Crippen LogP contribution in [-0.2, 0) is 6.42 Å². The van der Waals surface area contributed by atoms with E-state index in [1.165, 1.54) is 0 Å². The first-order valence-electron chi connectivity index (χ1n) is 8.60. The standard InChI is InChI=1S/C21H23NO4/c1-4-5-16-12-17(7-8-18(16)24-3)21(23)22-14(2)15-6-9-19-20(13-15)26-11-10-25-19/h4,6-9,12-14H,1,5,10-11H2,2-3H3,(H,22,23)/t14-/m0/s1. The Kier molecular flexibility index (Phi) is 5.46. The van der Waals surface area contributed by atoms with Gasteiger partial charge in [-0.25, -0.2) is 0 Å². The molecule has 5 heteroatoms.